The standard InChI is InChI=1S/C20H30O2/c1-2-14-8-10-18-17-9-7-13-5-3-4-6-15(13)16(17)11-12-20(14,18)19(21)22/h1,13-19,21-22H,3-12H2/t13?,14-,15+,16-,17-,18+,20+/m1/s1. The molecule has 4 rings (SSSR count). The van der Waals surface area contributed by atoms with Gasteiger partial charge in [-0.2, -0.15) is 0 Å². The van der Waals surface area contributed by atoms with Crippen LogP contribution in [0.2, 0.25) is 0 Å². The van der Waals surface area contributed by atoms with Crippen LogP contribution < -0.4 is 0 Å². The first-order valence-electron chi connectivity index (χ1n) is 9.50. The van der Waals surface area contributed by atoms with Crippen LogP contribution in [0.25, 0.3) is 0 Å². The minimum atomic E-state index is -1.23. The molecule has 4 aliphatic rings. The Bertz CT molecular complexity index is 465. The quantitative estimate of drug-likeness (QED) is 0.574. The van der Waals surface area contributed by atoms with E-state index in [0.29, 0.717) is 11.8 Å². The van der Waals surface area contributed by atoms with E-state index < -0.39 is 11.7 Å². The molecule has 2 N–H and O–H groups in total. The summed E-state index contributed by atoms with van der Waals surface area (Å²) in [4.78, 5) is 0. The van der Waals surface area contributed by atoms with Crippen LogP contribution in [0, 0.1) is 53.3 Å². The first-order chi connectivity index (χ1) is 10.7. The lowest BCUT2D eigenvalue weighted by Gasteiger charge is -2.56. The Morgan fingerprint density at radius 1 is 0.864 bits per heavy atom. The lowest BCUT2D eigenvalue weighted by Crippen LogP contribution is -2.53. The van der Waals surface area contributed by atoms with Gasteiger partial charge in [0, 0.05) is 11.3 Å². The third-order valence-corrected chi connectivity index (χ3v) is 8.15. The molecule has 0 saturated heterocycles. The van der Waals surface area contributed by atoms with E-state index in [1.165, 1.54) is 44.9 Å². The normalized spacial score (nSPS) is 50.8. The molecule has 0 bridgehead atoms. The van der Waals surface area contributed by atoms with E-state index in [1.54, 1.807) is 0 Å². The second kappa shape index (κ2) is 5.53. The van der Waals surface area contributed by atoms with Gasteiger partial charge in [0.1, 0.15) is 0 Å². The number of hydrogen-bond acceptors (Lipinski definition) is 2. The molecular weight excluding hydrogens is 272 g/mol. The number of aliphatic hydroxyl groups excluding tert-OH is 1. The Morgan fingerprint density at radius 3 is 2.45 bits per heavy atom. The molecule has 4 aliphatic carbocycles. The molecule has 0 spiro atoms. The summed E-state index contributed by atoms with van der Waals surface area (Å²) in [6, 6.07) is 0. The summed E-state index contributed by atoms with van der Waals surface area (Å²) in [6.45, 7) is 0. The van der Waals surface area contributed by atoms with Gasteiger partial charge in [-0.15, -0.1) is 12.3 Å². The van der Waals surface area contributed by atoms with E-state index in [9.17, 15) is 10.2 Å². The van der Waals surface area contributed by atoms with Crippen molar-refractivity contribution in [2.75, 3.05) is 0 Å². The number of fused-ring (bicyclic) bond motifs is 5. The van der Waals surface area contributed by atoms with Crippen LogP contribution >= 0.6 is 0 Å². The topological polar surface area (TPSA) is 40.5 Å². The van der Waals surface area contributed by atoms with Gasteiger partial charge in [-0.05, 0) is 74.5 Å². The highest BCUT2D eigenvalue weighted by atomic mass is 16.5. The highest BCUT2D eigenvalue weighted by molar-refractivity contribution is 5.15. The maximum atomic E-state index is 10.2. The van der Waals surface area contributed by atoms with Gasteiger partial charge in [-0.25, -0.2) is 0 Å². The van der Waals surface area contributed by atoms with Crippen LogP contribution in [0.1, 0.15) is 64.2 Å². The van der Waals surface area contributed by atoms with Crippen molar-refractivity contribution in [3.63, 3.8) is 0 Å². The monoisotopic (exact) mass is 302 g/mol. The van der Waals surface area contributed by atoms with Crippen LogP contribution in [-0.4, -0.2) is 16.5 Å². The summed E-state index contributed by atoms with van der Waals surface area (Å²) < 4.78 is 0. The molecule has 0 heterocycles. The Labute approximate surface area is 134 Å². The van der Waals surface area contributed by atoms with Gasteiger partial charge in [-0.3, -0.25) is 0 Å². The van der Waals surface area contributed by atoms with E-state index in [-0.39, 0.29) is 5.92 Å². The molecule has 2 heteroatoms. The maximum Gasteiger partial charge on any atom is 0.158 e. The summed E-state index contributed by atoms with van der Waals surface area (Å²) in [6.07, 6.45) is 17.2. The molecule has 0 radical (unpaired) electrons. The molecule has 0 amide bonds. The predicted molar refractivity (Wildman–Crippen MR) is 86.6 cm³/mol. The zero-order valence-corrected chi connectivity index (χ0v) is 13.6. The highest BCUT2D eigenvalue weighted by Crippen LogP contribution is 2.65. The smallest absolute Gasteiger partial charge is 0.158 e. The molecule has 4 saturated carbocycles. The third-order valence-electron chi connectivity index (χ3n) is 8.15. The Hall–Kier alpha value is -0.520. The lowest BCUT2D eigenvalue weighted by molar-refractivity contribution is -0.199. The predicted octanol–water partition coefficient (Wildman–Crippen LogP) is 3.57. The van der Waals surface area contributed by atoms with Crippen molar-refractivity contribution in [1.29, 1.82) is 0 Å². The van der Waals surface area contributed by atoms with Gasteiger partial charge >= 0.3 is 0 Å². The summed E-state index contributed by atoms with van der Waals surface area (Å²) in [5.74, 6) is 6.87. The second-order valence-electron chi connectivity index (χ2n) is 8.54. The van der Waals surface area contributed by atoms with E-state index in [4.69, 9.17) is 6.42 Å². The van der Waals surface area contributed by atoms with Crippen molar-refractivity contribution < 1.29 is 10.2 Å². The van der Waals surface area contributed by atoms with Gasteiger partial charge in [0.05, 0.1) is 0 Å². The first-order valence-corrected chi connectivity index (χ1v) is 9.50. The zero-order chi connectivity index (χ0) is 15.3. The highest BCUT2D eigenvalue weighted by Gasteiger charge is 2.61. The van der Waals surface area contributed by atoms with Crippen molar-refractivity contribution in [2.45, 2.75) is 70.5 Å². The van der Waals surface area contributed by atoms with Crippen molar-refractivity contribution >= 4 is 0 Å². The Kier molecular flexibility index (Phi) is 3.78. The number of rotatable bonds is 1. The minimum absolute atomic E-state index is 0.0718. The molecule has 4 fully saturated rings. The van der Waals surface area contributed by atoms with E-state index in [2.05, 4.69) is 5.92 Å². The van der Waals surface area contributed by atoms with E-state index in [0.717, 1.165) is 37.0 Å². The fourth-order valence-corrected chi connectivity index (χ4v) is 7.29. The van der Waals surface area contributed by atoms with Crippen molar-refractivity contribution in [3.8, 4) is 12.3 Å². The fraction of sp³-hybridized carbons (Fsp3) is 0.900. The molecule has 0 aromatic rings. The molecule has 7 atom stereocenters. The van der Waals surface area contributed by atoms with Gasteiger partial charge < -0.3 is 10.2 Å². The van der Waals surface area contributed by atoms with Gasteiger partial charge in [0.15, 0.2) is 6.29 Å². The molecule has 2 nitrogen and oxygen atoms in total. The SMILES string of the molecule is C#C[C@@H]1CC[C@H]2[C@@H]3CCC4CCCC[C@@H]4[C@H]3CC[C@]12C(O)O. The van der Waals surface area contributed by atoms with Crippen LogP contribution in [0.15, 0.2) is 0 Å². The van der Waals surface area contributed by atoms with Gasteiger partial charge in [0.2, 0.25) is 0 Å². The van der Waals surface area contributed by atoms with Gasteiger partial charge in [0.25, 0.3) is 0 Å². The van der Waals surface area contributed by atoms with E-state index in [1.807, 2.05) is 0 Å². The lowest BCUT2D eigenvalue weighted by atomic mass is 9.49. The van der Waals surface area contributed by atoms with Crippen LogP contribution in [-0.2, 0) is 0 Å². The summed E-state index contributed by atoms with van der Waals surface area (Å²) in [7, 11) is 0. The zero-order valence-electron chi connectivity index (χ0n) is 13.6. The number of terminal acetylenes is 1. The van der Waals surface area contributed by atoms with Crippen molar-refractivity contribution in [2.24, 2.45) is 40.9 Å². The first kappa shape index (κ1) is 15.0. The second-order valence-corrected chi connectivity index (χ2v) is 8.54. The van der Waals surface area contributed by atoms with Crippen LogP contribution in [0.4, 0.5) is 0 Å². The van der Waals surface area contributed by atoms with Crippen molar-refractivity contribution in [1.82, 2.24) is 0 Å². The summed E-state index contributed by atoms with van der Waals surface area (Å²) in [5, 5.41) is 20.4. The third kappa shape index (κ3) is 1.95. The molecule has 0 aromatic heterocycles. The average molecular weight is 302 g/mol. The minimum Gasteiger partial charge on any atom is -0.368 e. The molecule has 0 aliphatic heterocycles. The molecule has 0 aromatic carbocycles. The Balaban J connectivity index is 1.64. The van der Waals surface area contributed by atoms with E-state index >= 15 is 0 Å². The van der Waals surface area contributed by atoms with Crippen LogP contribution in [0.3, 0.4) is 0 Å². The number of aliphatic hydroxyl groups is 2. The molecular formula is C20H30O2. The maximum absolute atomic E-state index is 10.2. The summed E-state index contributed by atoms with van der Waals surface area (Å²) in [5.41, 5.74) is -0.391. The Morgan fingerprint density at radius 2 is 1.68 bits per heavy atom. The van der Waals surface area contributed by atoms with Crippen LogP contribution in [0.5, 0.6) is 0 Å². The fourth-order valence-electron chi connectivity index (χ4n) is 7.29. The van der Waals surface area contributed by atoms with Gasteiger partial charge in [-0.1, -0.05) is 19.3 Å². The van der Waals surface area contributed by atoms with Crippen molar-refractivity contribution in [3.05, 3.63) is 0 Å². The molecule has 22 heavy (non-hydrogen) atoms. The summed E-state index contributed by atoms with van der Waals surface area (Å²) >= 11 is 0. The average Bonchev–Trinajstić information content (AvgIpc) is 2.94. The number of hydrogen-bond donors (Lipinski definition) is 2. The largest absolute Gasteiger partial charge is 0.368 e. The molecule has 122 valence electrons. The molecule has 1 unspecified atom stereocenters.